The maximum Gasteiger partial charge on any atom is 0.143 e. The fraction of sp³-hybridized carbons (Fsp3) is 0.0127. The van der Waals surface area contributed by atoms with Crippen LogP contribution in [0.25, 0.3) is 125 Å². The summed E-state index contributed by atoms with van der Waals surface area (Å²) in [7, 11) is 0. The Morgan fingerprint density at radius 2 is 0.867 bits per heavy atom. The summed E-state index contributed by atoms with van der Waals surface area (Å²) in [5.74, 6) is 0. The van der Waals surface area contributed by atoms with Gasteiger partial charge in [-0.15, -0.1) is 11.3 Å². The van der Waals surface area contributed by atoms with E-state index in [9.17, 15) is 0 Å². The zero-order valence-electron chi connectivity index (χ0n) is 44.9. The highest BCUT2D eigenvalue weighted by Gasteiger charge is 2.52. The minimum Gasteiger partial charge on any atom is -0.455 e. The van der Waals surface area contributed by atoms with Gasteiger partial charge in [0.1, 0.15) is 11.2 Å². The molecule has 3 nitrogen and oxygen atoms in total. The van der Waals surface area contributed by atoms with Gasteiger partial charge in [-0.3, -0.25) is 0 Å². The Hall–Kier alpha value is -10.5. The molecule has 0 unspecified atom stereocenters. The molecule has 4 heteroatoms. The first-order valence-electron chi connectivity index (χ1n) is 28.6. The van der Waals surface area contributed by atoms with Gasteiger partial charge in [-0.1, -0.05) is 206 Å². The van der Waals surface area contributed by atoms with E-state index in [1.54, 1.807) is 0 Å². The van der Waals surface area contributed by atoms with Crippen LogP contribution in [-0.2, 0) is 5.41 Å². The van der Waals surface area contributed by atoms with Crippen LogP contribution in [0.1, 0.15) is 22.3 Å². The molecule has 0 radical (unpaired) electrons. The van der Waals surface area contributed by atoms with Gasteiger partial charge in [0.25, 0.3) is 0 Å². The van der Waals surface area contributed by atoms with Crippen molar-refractivity contribution in [2.75, 3.05) is 4.90 Å². The Morgan fingerprint density at radius 3 is 1.60 bits per heavy atom. The second-order valence-electron chi connectivity index (χ2n) is 22.2. The second-order valence-corrected chi connectivity index (χ2v) is 23.3. The SMILES string of the molecule is c1ccc(-c2ccc3c(c2)c2cc(-c4ccc5sc6cccc(N(c7ccc(-c8cccc9c8oc8ccccc89)cc7)c7cccc8c7-c7ccccc7C87c8ccccc8-c8ccccc87)c6c5c4)ccc2n3-c2ccccc2)cc1. The summed E-state index contributed by atoms with van der Waals surface area (Å²) >= 11 is 1.87. The average molecular weight is 1070 g/mol. The molecular formula is C79H48N2OS. The highest BCUT2D eigenvalue weighted by Crippen LogP contribution is 2.65. The zero-order valence-corrected chi connectivity index (χ0v) is 45.7. The summed E-state index contributed by atoms with van der Waals surface area (Å²) in [4.78, 5) is 2.56. The van der Waals surface area contributed by atoms with Crippen molar-refractivity contribution < 1.29 is 4.42 Å². The number of aromatic nitrogens is 1. The van der Waals surface area contributed by atoms with E-state index in [0.29, 0.717) is 0 Å². The summed E-state index contributed by atoms with van der Waals surface area (Å²) < 4.78 is 11.5. The minimum absolute atomic E-state index is 0.497. The van der Waals surface area contributed by atoms with Crippen LogP contribution in [0.3, 0.4) is 0 Å². The summed E-state index contributed by atoms with van der Waals surface area (Å²) in [6.07, 6.45) is 0. The lowest BCUT2D eigenvalue weighted by Gasteiger charge is -2.32. The van der Waals surface area contributed by atoms with Gasteiger partial charge < -0.3 is 13.9 Å². The largest absolute Gasteiger partial charge is 0.455 e. The number of fused-ring (bicyclic) bond motifs is 19. The van der Waals surface area contributed by atoms with Gasteiger partial charge in [0.05, 0.1) is 27.8 Å². The number of para-hydroxylation sites is 3. The number of thiophene rings is 1. The third-order valence-electron chi connectivity index (χ3n) is 18.0. The molecule has 2 aliphatic rings. The van der Waals surface area contributed by atoms with Crippen LogP contribution < -0.4 is 4.90 Å². The molecular weight excluding hydrogens is 1020 g/mol. The van der Waals surface area contributed by atoms with Crippen LogP contribution in [0.5, 0.6) is 0 Å². The van der Waals surface area contributed by atoms with Gasteiger partial charge in [0, 0.05) is 64.2 Å². The maximum atomic E-state index is 6.63. The highest BCUT2D eigenvalue weighted by molar-refractivity contribution is 7.26. The highest BCUT2D eigenvalue weighted by atomic mass is 32.1. The second kappa shape index (κ2) is 17.7. The molecule has 0 N–H and O–H groups in total. The van der Waals surface area contributed by atoms with Crippen molar-refractivity contribution in [3.05, 3.63) is 313 Å². The van der Waals surface area contributed by atoms with Crippen molar-refractivity contribution in [1.29, 1.82) is 0 Å². The number of hydrogen-bond donors (Lipinski definition) is 0. The van der Waals surface area contributed by atoms with E-state index in [-0.39, 0.29) is 0 Å². The smallest absolute Gasteiger partial charge is 0.143 e. The van der Waals surface area contributed by atoms with Gasteiger partial charge in [-0.05, 0) is 152 Å². The lowest BCUT2D eigenvalue weighted by molar-refractivity contribution is 0.670. The molecule has 386 valence electrons. The van der Waals surface area contributed by atoms with Gasteiger partial charge in [-0.2, -0.15) is 0 Å². The average Bonchev–Trinajstić information content (AvgIpc) is 2.67. The predicted octanol–water partition coefficient (Wildman–Crippen LogP) is 21.9. The van der Waals surface area contributed by atoms with Gasteiger partial charge in [0.2, 0.25) is 0 Å². The summed E-state index contributed by atoms with van der Waals surface area (Å²) in [6, 6.07) is 108. The molecule has 16 aromatic rings. The third kappa shape index (κ3) is 6.61. The van der Waals surface area contributed by atoms with Crippen molar-refractivity contribution in [2.24, 2.45) is 0 Å². The van der Waals surface area contributed by atoms with E-state index < -0.39 is 5.41 Å². The molecule has 0 amide bonds. The number of hydrogen-bond acceptors (Lipinski definition) is 3. The summed E-state index contributed by atoms with van der Waals surface area (Å²) in [5, 5.41) is 7.18. The first kappa shape index (κ1) is 46.3. The molecule has 1 spiro atoms. The molecule has 0 aliphatic heterocycles. The van der Waals surface area contributed by atoms with E-state index in [1.165, 1.54) is 109 Å². The van der Waals surface area contributed by atoms with Crippen LogP contribution in [0.4, 0.5) is 17.1 Å². The lowest BCUT2D eigenvalue weighted by atomic mass is 9.70. The molecule has 0 saturated heterocycles. The molecule has 0 bridgehead atoms. The number of benzene rings is 13. The number of furan rings is 1. The zero-order chi connectivity index (χ0) is 54.3. The van der Waals surface area contributed by atoms with E-state index in [4.69, 9.17) is 4.42 Å². The Balaban J connectivity index is 0.859. The van der Waals surface area contributed by atoms with Crippen molar-refractivity contribution >= 4 is 92.3 Å². The fourth-order valence-corrected chi connectivity index (χ4v) is 15.6. The van der Waals surface area contributed by atoms with Crippen LogP contribution in [0.15, 0.2) is 296 Å². The first-order valence-corrected chi connectivity index (χ1v) is 29.4. The van der Waals surface area contributed by atoms with Crippen molar-refractivity contribution in [2.45, 2.75) is 5.41 Å². The summed E-state index contributed by atoms with van der Waals surface area (Å²) in [6.45, 7) is 0. The first-order chi connectivity index (χ1) is 41.2. The Morgan fingerprint density at radius 1 is 0.337 bits per heavy atom. The predicted molar refractivity (Wildman–Crippen MR) is 348 cm³/mol. The Kier molecular flexibility index (Phi) is 9.89. The standard InChI is InChI=1S/C79H48N2OS/c1-3-18-49(19-4-1)51-38-43-69-62(46-51)63-47-52(39-44-70(63)80(69)54-20-5-2-6-21-54)53-40-45-74-64(48-53)77-72(33-17-35-75(77)83-74)81(55-41-36-50(37-42-55)56-26-15-27-60-59-24-10-14-34-73(59)82-78(56)60)71-32-16-31-68-76(71)61-25-9-13-30-67(61)79(68)65-28-11-7-22-57(65)58-23-8-12-29-66(58)79/h1-48H. The quantitative estimate of drug-likeness (QED) is 0.159. The molecule has 0 saturated carbocycles. The van der Waals surface area contributed by atoms with Gasteiger partial charge in [-0.25, -0.2) is 0 Å². The third-order valence-corrected chi connectivity index (χ3v) is 19.2. The Labute approximate surface area is 483 Å². The van der Waals surface area contributed by atoms with E-state index in [1.807, 2.05) is 17.4 Å². The lowest BCUT2D eigenvalue weighted by Crippen LogP contribution is -2.26. The van der Waals surface area contributed by atoms with Crippen molar-refractivity contribution in [3.63, 3.8) is 0 Å². The monoisotopic (exact) mass is 1070 g/mol. The molecule has 83 heavy (non-hydrogen) atoms. The molecule has 18 rings (SSSR count). The van der Waals surface area contributed by atoms with Crippen LogP contribution in [-0.4, -0.2) is 4.57 Å². The van der Waals surface area contributed by atoms with Crippen LogP contribution in [0.2, 0.25) is 0 Å². The van der Waals surface area contributed by atoms with Gasteiger partial charge >= 0.3 is 0 Å². The molecule has 2 aliphatic carbocycles. The van der Waals surface area contributed by atoms with Crippen LogP contribution >= 0.6 is 11.3 Å². The minimum atomic E-state index is -0.497. The molecule has 0 fully saturated rings. The number of anilines is 3. The summed E-state index contributed by atoms with van der Waals surface area (Å²) in [5.41, 5.74) is 25.5. The topological polar surface area (TPSA) is 21.3 Å². The van der Waals surface area contributed by atoms with E-state index >= 15 is 0 Å². The van der Waals surface area contributed by atoms with E-state index in [0.717, 1.165) is 55.8 Å². The fourth-order valence-electron chi connectivity index (χ4n) is 14.5. The van der Waals surface area contributed by atoms with Gasteiger partial charge in [0.15, 0.2) is 0 Å². The van der Waals surface area contributed by atoms with Crippen LogP contribution in [0, 0.1) is 0 Å². The van der Waals surface area contributed by atoms with E-state index in [2.05, 4.69) is 295 Å². The molecule has 3 heterocycles. The van der Waals surface area contributed by atoms with Crippen molar-refractivity contribution in [3.8, 4) is 61.3 Å². The molecule has 0 atom stereocenters. The maximum absolute atomic E-state index is 6.63. The normalized spacial score (nSPS) is 12.9. The number of rotatable bonds is 7. The number of nitrogens with zero attached hydrogens (tertiary/aromatic N) is 2. The molecule has 3 aromatic heterocycles. The molecule has 13 aromatic carbocycles. The Bertz CT molecular complexity index is 5290. The van der Waals surface area contributed by atoms with Crippen molar-refractivity contribution in [1.82, 2.24) is 4.57 Å².